The van der Waals surface area contributed by atoms with E-state index in [9.17, 15) is 9.59 Å². The zero-order valence-corrected chi connectivity index (χ0v) is 12.2. The van der Waals surface area contributed by atoms with Crippen LogP contribution in [0.5, 0.6) is 11.5 Å². The number of nitrogens with zero attached hydrogens (tertiary/aromatic N) is 1. The van der Waals surface area contributed by atoms with Gasteiger partial charge in [-0.1, -0.05) is 17.7 Å². The van der Waals surface area contributed by atoms with E-state index in [2.05, 4.69) is 4.99 Å². The van der Waals surface area contributed by atoms with Crippen LogP contribution in [0.2, 0.25) is 0 Å². The summed E-state index contributed by atoms with van der Waals surface area (Å²) >= 11 is 5.72. The summed E-state index contributed by atoms with van der Waals surface area (Å²) in [6.45, 7) is 0. The second kappa shape index (κ2) is 6.37. The molecule has 0 N–H and O–H groups in total. The number of hydrogen-bond donors (Lipinski definition) is 0. The SMILES string of the molecule is COc1cccc(C(=O)N=C2C=CC(=O)C(Cl)=C2)c1OC. The van der Waals surface area contributed by atoms with Crippen LogP contribution >= 0.6 is 11.6 Å². The topological polar surface area (TPSA) is 65.0 Å². The predicted octanol–water partition coefficient (Wildman–Crippen LogP) is 2.55. The number of hydrogen-bond acceptors (Lipinski definition) is 4. The zero-order chi connectivity index (χ0) is 15.4. The molecule has 1 aromatic carbocycles. The summed E-state index contributed by atoms with van der Waals surface area (Å²) in [6, 6.07) is 4.92. The van der Waals surface area contributed by atoms with Gasteiger partial charge >= 0.3 is 0 Å². The summed E-state index contributed by atoms with van der Waals surface area (Å²) in [5.41, 5.74) is 0.564. The molecule has 2 rings (SSSR count). The molecule has 0 spiro atoms. The Labute approximate surface area is 126 Å². The Morgan fingerprint density at radius 3 is 2.57 bits per heavy atom. The van der Waals surface area contributed by atoms with E-state index in [1.54, 1.807) is 18.2 Å². The molecule has 0 bridgehead atoms. The van der Waals surface area contributed by atoms with Crippen LogP contribution in [0.1, 0.15) is 10.4 Å². The smallest absolute Gasteiger partial charge is 0.281 e. The second-order valence-corrected chi connectivity index (χ2v) is 4.48. The van der Waals surface area contributed by atoms with E-state index in [0.29, 0.717) is 17.2 Å². The van der Waals surface area contributed by atoms with Crippen LogP contribution in [-0.4, -0.2) is 31.6 Å². The normalized spacial score (nSPS) is 15.9. The van der Waals surface area contributed by atoms with Crippen LogP contribution in [-0.2, 0) is 4.79 Å². The standard InChI is InChI=1S/C15H12ClNO4/c1-20-13-5-3-4-10(14(13)21-2)15(19)17-9-6-7-12(18)11(16)8-9/h3-8H,1-2H3. The lowest BCUT2D eigenvalue weighted by molar-refractivity contribution is -0.110. The molecule has 1 amide bonds. The lowest BCUT2D eigenvalue weighted by Crippen LogP contribution is -2.07. The van der Waals surface area contributed by atoms with E-state index >= 15 is 0 Å². The lowest BCUT2D eigenvalue weighted by atomic mass is 10.1. The van der Waals surface area contributed by atoms with E-state index < -0.39 is 5.91 Å². The van der Waals surface area contributed by atoms with E-state index in [-0.39, 0.29) is 16.4 Å². The first-order valence-corrected chi connectivity index (χ1v) is 6.38. The average molecular weight is 306 g/mol. The Kier molecular flexibility index (Phi) is 4.55. The molecule has 1 aromatic rings. The molecule has 1 aliphatic carbocycles. The molecule has 0 aliphatic heterocycles. The molecule has 0 heterocycles. The molecule has 1 aliphatic rings. The van der Waals surface area contributed by atoms with E-state index in [4.69, 9.17) is 21.1 Å². The zero-order valence-electron chi connectivity index (χ0n) is 11.4. The number of rotatable bonds is 3. The number of benzene rings is 1. The van der Waals surface area contributed by atoms with Crippen LogP contribution in [0, 0.1) is 0 Å². The number of ketones is 1. The first-order valence-electron chi connectivity index (χ1n) is 6.00. The van der Waals surface area contributed by atoms with Gasteiger partial charge in [-0.15, -0.1) is 0 Å². The number of aliphatic imine (C=N–C) groups is 1. The number of methoxy groups -OCH3 is 2. The van der Waals surface area contributed by atoms with Crippen molar-refractivity contribution in [3.05, 3.63) is 47.0 Å². The Hall–Kier alpha value is -2.40. The van der Waals surface area contributed by atoms with Gasteiger partial charge in [-0.05, 0) is 30.4 Å². The lowest BCUT2D eigenvalue weighted by Gasteiger charge is -2.10. The van der Waals surface area contributed by atoms with Crippen molar-refractivity contribution in [3.8, 4) is 11.5 Å². The fourth-order valence-corrected chi connectivity index (χ4v) is 1.97. The molecule has 0 radical (unpaired) electrons. The highest BCUT2D eigenvalue weighted by Gasteiger charge is 2.17. The van der Waals surface area contributed by atoms with Gasteiger partial charge in [-0.25, -0.2) is 4.99 Å². The second-order valence-electron chi connectivity index (χ2n) is 4.07. The monoisotopic (exact) mass is 305 g/mol. The molecule has 0 saturated heterocycles. The molecule has 108 valence electrons. The van der Waals surface area contributed by atoms with Crippen molar-refractivity contribution in [3.63, 3.8) is 0 Å². The van der Waals surface area contributed by atoms with Gasteiger partial charge in [0, 0.05) is 0 Å². The van der Waals surface area contributed by atoms with Gasteiger partial charge in [-0.2, -0.15) is 0 Å². The van der Waals surface area contributed by atoms with Gasteiger partial charge in [0.25, 0.3) is 5.91 Å². The third-order valence-electron chi connectivity index (χ3n) is 2.78. The van der Waals surface area contributed by atoms with Crippen molar-refractivity contribution in [2.45, 2.75) is 0 Å². The van der Waals surface area contributed by atoms with Crippen LogP contribution < -0.4 is 9.47 Å². The molecule has 6 heteroatoms. The highest BCUT2D eigenvalue weighted by Crippen LogP contribution is 2.31. The molecule has 21 heavy (non-hydrogen) atoms. The first kappa shape index (κ1) is 15.0. The van der Waals surface area contributed by atoms with Crippen molar-refractivity contribution in [1.82, 2.24) is 0 Å². The van der Waals surface area contributed by atoms with Crippen molar-refractivity contribution in [2.75, 3.05) is 14.2 Å². The molecular formula is C15H12ClNO4. The van der Waals surface area contributed by atoms with E-state index in [0.717, 1.165) is 0 Å². The van der Waals surface area contributed by atoms with Crippen molar-refractivity contribution in [1.29, 1.82) is 0 Å². The van der Waals surface area contributed by atoms with Crippen molar-refractivity contribution < 1.29 is 19.1 Å². The predicted molar refractivity (Wildman–Crippen MR) is 79.4 cm³/mol. The third-order valence-corrected chi connectivity index (χ3v) is 3.07. The maximum absolute atomic E-state index is 12.2. The average Bonchev–Trinajstić information content (AvgIpc) is 2.49. The van der Waals surface area contributed by atoms with Gasteiger partial charge in [0.05, 0.1) is 30.5 Å². The Morgan fingerprint density at radius 1 is 1.19 bits per heavy atom. The van der Waals surface area contributed by atoms with Crippen LogP contribution in [0.25, 0.3) is 0 Å². The molecule has 5 nitrogen and oxygen atoms in total. The van der Waals surface area contributed by atoms with E-state index in [1.165, 1.54) is 32.4 Å². The highest BCUT2D eigenvalue weighted by atomic mass is 35.5. The molecule has 0 atom stereocenters. The maximum atomic E-state index is 12.2. The van der Waals surface area contributed by atoms with Gasteiger partial charge in [0.1, 0.15) is 0 Å². The number of carbonyl (C=O) groups is 2. The number of amides is 1. The van der Waals surface area contributed by atoms with Crippen LogP contribution in [0.15, 0.2) is 46.5 Å². The molecule has 0 aromatic heterocycles. The summed E-state index contributed by atoms with van der Waals surface area (Å²) in [5, 5.41) is 0.0154. The number of carbonyl (C=O) groups excluding carboxylic acids is 2. The molecule has 0 saturated carbocycles. The van der Waals surface area contributed by atoms with Crippen LogP contribution in [0.4, 0.5) is 0 Å². The highest BCUT2D eigenvalue weighted by molar-refractivity contribution is 6.47. The Balaban J connectivity index is 2.38. The van der Waals surface area contributed by atoms with Gasteiger partial charge < -0.3 is 9.47 Å². The van der Waals surface area contributed by atoms with Gasteiger partial charge in [-0.3, -0.25) is 9.59 Å². The first-order chi connectivity index (χ1) is 10.1. The fourth-order valence-electron chi connectivity index (χ4n) is 1.79. The third kappa shape index (κ3) is 3.20. The summed E-state index contributed by atoms with van der Waals surface area (Å²) < 4.78 is 10.3. The quantitative estimate of drug-likeness (QED) is 0.805. The number of halogens is 1. The van der Waals surface area contributed by atoms with Crippen molar-refractivity contribution in [2.24, 2.45) is 4.99 Å². The minimum Gasteiger partial charge on any atom is -0.493 e. The molecular weight excluding hydrogens is 294 g/mol. The molecule has 0 unspecified atom stereocenters. The summed E-state index contributed by atoms with van der Waals surface area (Å²) in [5.74, 6) is -0.0886. The summed E-state index contributed by atoms with van der Waals surface area (Å²) in [6.07, 6.45) is 4.03. The summed E-state index contributed by atoms with van der Waals surface area (Å²) in [4.78, 5) is 27.4. The molecule has 0 fully saturated rings. The van der Waals surface area contributed by atoms with Gasteiger partial charge in [0.2, 0.25) is 0 Å². The number of allylic oxidation sites excluding steroid dienone is 4. The Morgan fingerprint density at radius 2 is 1.95 bits per heavy atom. The van der Waals surface area contributed by atoms with E-state index in [1.807, 2.05) is 0 Å². The largest absolute Gasteiger partial charge is 0.493 e. The Bertz CT molecular complexity index is 689. The van der Waals surface area contributed by atoms with Gasteiger partial charge in [0.15, 0.2) is 17.3 Å². The van der Waals surface area contributed by atoms with Crippen molar-refractivity contribution >= 4 is 29.0 Å². The number of para-hydroxylation sites is 1. The summed E-state index contributed by atoms with van der Waals surface area (Å²) in [7, 11) is 2.92. The minimum atomic E-state index is -0.513. The minimum absolute atomic E-state index is 0.0154. The van der Waals surface area contributed by atoms with Crippen LogP contribution in [0.3, 0.4) is 0 Å². The maximum Gasteiger partial charge on any atom is 0.281 e. The fraction of sp³-hybridized carbons (Fsp3) is 0.133. The number of ether oxygens (including phenoxy) is 2.